The first-order chi connectivity index (χ1) is 8.49. The topological polar surface area (TPSA) is 37.4 Å². The molecule has 0 unspecified atom stereocenters. The molecule has 0 saturated carbocycles. The highest BCUT2D eigenvalue weighted by molar-refractivity contribution is 7.88. The highest BCUT2D eigenvalue weighted by Crippen LogP contribution is 2.12. The van der Waals surface area contributed by atoms with Gasteiger partial charge in [-0.25, -0.2) is 12.7 Å². The maximum atomic E-state index is 12.1. The van der Waals surface area contributed by atoms with Crippen LogP contribution in [0.3, 0.4) is 0 Å². The lowest BCUT2D eigenvalue weighted by Crippen LogP contribution is -2.29. The number of nitrogens with zero attached hydrogens (tertiary/aromatic N) is 1. The third-order valence-electron chi connectivity index (χ3n) is 2.83. The average molecular weight is 290 g/mol. The summed E-state index contributed by atoms with van der Waals surface area (Å²) in [7, 11) is -1.57. The summed E-state index contributed by atoms with van der Waals surface area (Å²) in [5.41, 5.74) is 1.80. The molecule has 1 aromatic carbocycles. The molecule has 0 aliphatic heterocycles. The lowest BCUT2D eigenvalue weighted by Gasteiger charge is -2.16. The maximum Gasteiger partial charge on any atom is 0.218 e. The Hall–Kier alpha value is -0.580. The molecule has 1 rings (SSSR count). The van der Waals surface area contributed by atoms with E-state index in [-0.39, 0.29) is 5.75 Å². The summed E-state index contributed by atoms with van der Waals surface area (Å²) >= 11 is 5.69. The summed E-state index contributed by atoms with van der Waals surface area (Å²) in [6.07, 6.45) is 1.88. The van der Waals surface area contributed by atoms with Gasteiger partial charge in [-0.15, -0.1) is 11.6 Å². The van der Waals surface area contributed by atoms with Crippen LogP contribution in [0, 0.1) is 0 Å². The number of benzene rings is 1. The van der Waals surface area contributed by atoms with E-state index in [0.717, 1.165) is 24.0 Å². The predicted octanol–water partition coefficient (Wildman–Crippen LogP) is 2.99. The van der Waals surface area contributed by atoms with Crippen molar-refractivity contribution >= 4 is 21.6 Å². The average Bonchev–Trinajstić information content (AvgIpc) is 2.36. The van der Waals surface area contributed by atoms with Crippen LogP contribution in [0.2, 0.25) is 0 Å². The minimum absolute atomic E-state index is 0.0514. The van der Waals surface area contributed by atoms with Gasteiger partial charge in [0.2, 0.25) is 10.0 Å². The Morgan fingerprint density at radius 1 is 1.17 bits per heavy atom. The van der Waals surface area contributed by atoms with Crippen LogP contribution in [-0.4, -0.2) is 26.3 Å². The number of hydrogen-bond acceptors (Lipinski definition) is 2. The zero-order chi connectivity index (χ0) is 13.6. The van der Waals surface area contributed by atoms with E-state index >= 15 is 0 Å². The summed E-state index contributed by atoms with van der Waals surface area (Å²) in [4.78, 5) is 0. The zero-order valence-corrected chi connectivity index (χ0v) is 12.5. The Balaban J connectivity index is 2.69. The second kappa shape index (κ2) is 7.12. The Morgan fingerprint density at radius 2 is 1.72 bits per heavy atom. The van der Waals surface area contributed by atoms with Crippen LogP contribution in [0.5, 0.6) is 0 Å². The first-order valence-corrected chi connectivity index (χ1v) is 8.21. The van der Waals surface area contributed by atoms with Gasteiger partial charge in [0.1, 0.15) is 0 Å². The van der Waals surface area contributed by atoms with Gasteiger partial charge in [0, 0.05) is 19.5 Å². The van der Waals surface area contributed by atoms with Gasteiger partial charge >= 0.3 is 0 Å². The Morgan fingerprint density at radius 3 is 2.22 bits per heavy atom. The summed E-state index contributed by atoms with van der Waals surface area (Å²) in [6.45, 7) is 2.63. The number of alkyl halides is 1. The smallest absolute Gasteiger partial charge is 0.212 e. The van der Waals surface area contributed by atoms with Crippen molar-refractivity contribution in [3.8, 4) is 0 Å². The van der Waals surface area contributed by atoms with E-state index in [4.69, 9.17) is 11.6 Å². The maximum absolute atomic E-state index is 12.1. The van der Waals surface area contributed by atoms with Crippen LogP contribution >= 0.6 is 11.6 Å². The Kier molecular flexibility index (Phi) is 6.12. The van der Waals surface area contributed by atoms with Crippen LogP contribution in [0.1, 0.15) is 30.9 Å². The van der Waals surface area contributed by atoms with Crippen LogP contribution in [0.25, 0.3) is 0 Å². The molecule has 0 fully saturated rings. The molecule has 0 N–H and O–H groups in total. The molecule has 5 heteroatoms. The fraction of sp³-hybridized carbons (Fsp3) is 0.538. The van der Waals surface area contributed by atoms with E-state index in [1.807, 2.05) is 31.2 Å². The van der Waals surface area contributed by atoms with Crippen molar-refractivity contribution in [2.75, 3.05) is 13.6 Å². The van der Waals surface area contributed by atoms with Crippen molar-refractivity contribution < 1.29 is 8.42 Å². The lowest BCUT2D eigenvalue weighted by atomic mass is 10.2. The van der Waals surface area contributed by atoms with Crippen molar-refractivity contribution in [3.63, 3.8) is 0 Å². The zero-order valence-electron chi connectivity index (χ0n) is 10.9. The van der Waals surface area contributed by atoms with E-state index in [9.17, 15) is 8.42 Å². The van der Waals surface area contributed by atoms with Crippen molar-refractivity contribution in [3.05, 3.63) is 35.4 Å². The van der Waals surface area contributed by atoms with Crippen molar-refractivity contribution in [1.82, 2.24) is 4.31 Å². The first kappa shape index (κ1) is 15.5. The van der Waals surface area contributed by atoms with E-state index in [1.165, 1.54) is 4.31 Å². The van der Waals surface area contributed by atoms with Crippen LogP contribution in [-0.2, 0) is 21.7 Å². The van der Waals surface area contributed by atoms with Crippen molar-refractivity contribution in [2.45, 2.75) is 31.4 Å². The second-order valence-corrected chi connectivity index (χ2v) is 6.72. The predicted molar refractivity (Wildman–Crippen MR) is 76.2 cm³/mol. The third kappa shape index (κ3) is 4.59. The van der Waals surface area contributed by atoms with Crippen LogP contribution in [0.4, 0.5) is 0 Å². The second-order valence-electron chi connectivity index (χ2n) is 4.38. The molecule has 18 heavy (non-hydrogen) atoms. The number of unbranched alkanes of at least 4 members (excludes halogenated alkanes) is 1. The molecule has 102 valence electrons. The largest absolute Gasteiger partial charge is 0.218 e. The monoisotopic (exact) mass is 289 g/mol. The minimum Gasteiger partial charge on any atom is -0.212 e. The molecule has 0 radical (unpaired) electrons. The molecule has 0 spiro atoms. The van der Waals surface area contributed by atoms with E-state index < -0.39 is 10.0 Å². The van der Waals surface area contributed by atoms with E-state index in [1.54, 1.807) is 7.05 Å². The van der Waals surface area contributed by atoms with Gasteiger partial charge < -0.3 is 0 Å². The molecule has 0 saturated heterocycles. The third-order valence-corrected chi connectivity index (χ3v) is 4.97. The van der Waals surface area contributed by atoms with Gasteiger partial charge in [-0.2, -0.15) is 0 Å². The van der Waals surface area contributed by atoms with Crippen molar-refractivity contribution in [2.24, 2.45) is 0 Å². The molecule has 3 nitrogen and oxygen atoms in total. The number of rotatable bonds is 7. The number of halogens is 1. The van der Waals surface area contributed by atoms with Crippen LogP contribution < -0.4 is 0 Å². The number of hydrogen-bond donors (Lipinski definition) is 0. The summed E-state index contributed by atoms with van der Waals surface area (Å²) in [5, 5.41) is 0. The van der Waals surface area contributed by atoms with E-state index in [0.29, 0.717) is 12.4 Å². The highest BCUT2D eigenvalue weighted by Gasteiger charge is 2.17. The molecular weight excluding hydrogens is 270 g/mol. The molecule has 0 heterocycles. The van der Waals surface area contributed by atoms with Crippen LogP contribution in [0.15, 0.2) is 24.3 Å². The molecule has 1 aromatic rings. The fourth-order valence-electron chi connectivity index (χ4n) is 1.57. The molecule has 0 atom stereocenters. The van der Waals surface area contributed by atoms with Gasteiger partial charge in [-0.3, -0.25) is 0 Å². The molecule has 0 amide bonds. The quantitative estimate of drug-likeness (QED) is 0.724. The highest BCUT2D eigenvalue weighted by atomic mass is 35.5. The fourth-order valence-corrected chi connectivity index (χ4v) is 2.98. The SMILES string of the molecule is CCCCN(C)S(=O)(=O)Cc1ccc(CCl)cc1. The van der Waals surface area contributed by atoms with E-state index in [2.05, 4.69) is 0 Å². The summed E-state index contributed by atoms with van der Waals surface area (Å²) in [6, 6.07) is 7.37. The Labute approximate surface area is 115 Å². The Bertz CT molecular complexity index is 456. The summed E-state index contributed by atoms with van der Waals surface area (Å²) < 4.78 is 25.6. The first-order valence-electron chi connectivity index (χ1n) is 6.07. The lowest BCUT2D eigenvalue weighted by molar-refractivity contribution is 0.458. The normalized spacial score (nSPS) is 12.0. The molecule has 0 bridgehead atoms. The number of sulfonamides is 1. The standard InChI is InChI=1S/C13H20ClNO2S/c1-3-4-9-15(2)18(16,17)11-13-7-5-12(10-14)6-8-13/h5-8H,3-4,9-11H2,1-2H3. The molecule has 0 aromatic heterocycles. The van der Waals surface area contributed by atoms with Gasteiger partial charge in [0.15, 0.2) is 0 Å². The molecular formula is C13H20ClNO2S. The summed E-state index contributed by atoms with van der Waals surface area (Å²) in [5.74, 6) is 0.499. The molecule has 0 aliphatic rings. The van der Waals surface area contributed by atoms with Gasteiger partial charge in [0.05, 0.1) is 5.75 Å². The minimum atomic E-state index is -3.20. The van der Waals surface area contributed by atoms with Gasteiger partial charge in [0.25, 0.3) is 0 Å². The van der Waals surface area contributed by atoms with Gasteiger partial charge in [-0.1, -0.05) is 37.6 Å². The van der Waals surface area contributed by atoms with Gasteiger partial charge in [-0.05, 0) is 17.5 Å². The molecule has 0 aliphatic carbocycles. The van der Waals surface area contributed by atoms with Crippen molar-refractivity contribution in [1.29, 1.82) is 0 Å².